The van der Waals surface area contributed by atoms with Crippen molar-refractivity contribution in [3.05, 3.63) is 64.7 Å². The molecule has 3 aromatic rings. The molecule has 0 aliphatic heterocycles. The highest BCUT2D eigenvalue weighted by Crippen LogP contribution is 2.15. The van der Waals surface area contributed by atoms with E-state index in [2.05, 4.69) is 15.6 Å². The second kappa shape index (κ2) is 6.57. The quantitative estimate of drug-likeness (QED) is 0.799. The number of carbonyl (C=O) groups is 1. The monoisotopic (exact) mass is 326 g/mol. The SMILES string of the molecule is CCC(C(=O)Nc1ccc(F)cc1)n1nnc2ccccc2c1=O. The third kappa shape index (κ3) is 3.01. The largest absolute Gasteiger partial charge is 0.324 e. The molecule has 0 saturated heterocycles. The average molecular weight is 326 g/mol. The zero-order chi connectivity index (χ0) is 17.1. The molecule has 2 aromatic carbocycles. The maximum atomic E-state index is 12.9. The first kappa shape index (κ1) is 15.8. The van der Waals surface area contributed by atoms with E-state index < -0.39 is 17.8 Å². The van der Waals surface area contributed by atoms with Gasteiger partial charge in [0.15, 0.2) is 0 Å². The fourth-order valence-corrected chi connectivity index (χ4v) is 2.43. The zero-order valence-electron chi connectivity index (χ0n) is 12.9. The van der Waals surface area contributed by atoms with Crippen molar-refractivity contribution in [1.29, 1.82) is 0 Å². The summed E-state index contributed by atoms with van der Waals surface area (Å²) < 4.78 is 14.0. The highest BCUT2D eigenvalue weighted by Gasteiger charge is 2.22. The predicted molar refractivity (Wildman–Crippen MR) is 88.2 cm³/mol. The van der Waals surface area contributed by atoms with Crippen LogP contribution in [0.25, 0.3) is 10.9 Å². The topological polar surface area (TPSA) is 76.9 Å². The lowest BCUT2D eigenvalue weighted by Gasteiger charge is -2.16. The summed E-state index contributed by atoms with van der Waals surface area (Å²) in [6, 6.07) is 11.4. The van der Waals surface area contributed by atoms with Gasteiger partial charge >= 0.3 is 0 Å². The highest BCUT2D eigenvalue weighted by molar-refractivity contribution is 5.93. The molecule has 0 radical (unpaired) electrons. The van der Waals surface area contributed by atoms with Crippen LogP contribution in [0.2, 0.25) is 0 Å². The Bertz CT molecular complexity index is 937. The summed E-state index contributed by atoms with van der Waals surface area (Å²) in [6.07, 6.45) is 0.361. The van der Waals surface area contributed by atoms with Crippen LogP contribution in [0.5, 0.6) is 0 Å². The summed E-state index contributed by atoms with van der Waals surface area (Å²) in [5.41, 5.74) is 0.552. The van der Waals surface area contributed by atoms with Gasteiger partial charge < -0.3 is 5.32 Å². The van der Waals surface area contributed by atoms with Crippen LogP contribution in [0.1, 0.15) is 19.4 Å². The van der Waals surface area contributed by atoms with Crippen LogP contribution in [-0.4, -0.2) is 20.9 Å². The Labute approximate surface area is 136 Å². The number of amides is 1. The first-order valence-corrected chi connectivity index (χ1v) is 7.51. The van der Waals surface area contributed by atoms with E-state index in [1.165, 1.54) is 24.3 Å². The zero-order valence-corrected chi connectivity index (χ0v) is 12.9. The number of benzene rings is 2. The minimum absolute atomic E-state index is 0.361. The number of hydrogen-bond acceptors (Lipinski definition) is 4. The maximum absolute atomic E-state index is 12.9. The summed E-state index contributed by atoms with van der Waals surface area (Å²) in [4.78, 5) is 25.0. The molecule has 1 atom stereocenters. The molecule has 0 saturated carbocycles. The number of fused-ring (bicyclic) bond motifs is 1. The number of carbonyl (C=O) groups excluding carboxylic acids is 1. The summed E-state index contributed by atoms with van der Waals surface area (Å²) in [5, 5.41) is 10.9. The molecule has 1 amide bonds. The number of nitrogens with one attached hydrogen (secondary N) is 1. The van der Waals surface area contributed by atoms with Gasteiger partial charge in [-0.2, -0.15) is 4.68 Å². The molecule has 0 aliphatic rings. The summed E-state index contributed by atoms with van der Waals surface area (Å²) in [6.45, 7) is 1.78. The first-order chi connectivity index (χ1) is 11.6. The summed E-state index contributed by atoms with van der Waals surface area (Å²) in [5.74, 6) is -0.799. The average Bonchev–Trinajstić information content (AvgIpc) is 2.60. The number of rotatable bonds is 4. The van der Waals surface area contributed by atoms with E-state index in [4.69, 9.17) is 0 Å². The number of aromatic nitrogens is 3. The van der Waals surface area contributed by atoms with Gasteiger partial charge in [0, 0.05) is 5.69 Å². The van der Waals surface area contributed by atoms with Crippen LogP contribution in [0.4, 0.5) is 10.1 Å². The molecule has 1 N–H and O–H groups in total. The molecule has 6 nitrogen and oxygen atoms in total. The molecular formula is C17H15FN4O2. The van der Waals surface area contributed by atoms with Gasteiger partial charge in [0.25, 0.3) is 5.56 Å². The second-order valence-corrected chi connectivity index (χ2v) is 5.28. The molecule has 0 spiro atoms. The molecule has 3 rings (SSSR count). The number of hydrogen-bond donors (Lipinski definition) is 1. The normalized spacial score (nSPS) is 12.1. The van der Waals surface area contributed by atoms with E-state index in [1.54, 1.807) is 31.2 Å². The highest BCUT2D eigenvalue weighted by atomic mass is 19.1. The van der Waals surface area contributed by atoms with E-state index in [1.807, 2.05) is 0 Å². The minimum Gasteiger partial charge on any atom is -0.324 e. The van der Waals surface area contributed by atoms with Crippen molar-refractivity contribution in [2.45, 2.75) is 19.4 Å². The van der Waals surface area contributed by atoms with E-state index in [9.17, 15) is 14.0 Å². The number of nitrogens with zero attached hydrogens (tertiary/aromatic N) is 3. The van der Waals surface area contributed by atoms with Gasteiger partial charge in [-0.05, 0) is 42.8 Å². The van der Waals surface area contributed by atoms with Crippen molar-refractivity contribution in [2.75, 3.05) is 5.32 Å². The fraction of sp³-hybridized carbons (Fsp3) is 0.176. The van der Waals surface area contributed by atoms with Crippen molar-refractivity contribution in [3.8, 4) is 0 Å². The van der Waals surface area contributed by atoms with Gasteiger partial charge in [-0.1, -0.05) is 24.3 Å². The van der Waals surface area contributed by atoms with E-state index in [0.717, 1.165) is 4.68 Å². The van der Waals surface area contributed by atoms with E-state index in [0.29, 0.717) is 23.0 Å². The van der Waals surface area contributed by atoms with Crippen LogP contribution < -0.4 is 10.9 Å². The number of anilines is 1. The Balaban J connectivity index is 1.93. The van der Waals surface area contributed by atoms with E-state index >= 15 is 0 Å². The lowest BCUT2D eigenvalue weighted by Crippen LogP contribution is -2.35. The maximum Gasteiger partial charge on any atom is 0.278 e. The Morgan fingerprint density at radius 1 is 1.21 bits per heavy atom. The molecular weight excluding hydrogens is 311 g/mol. The molecule has 0 bridgehead atoms. The van der Waals surface area contributed by atoms with Gasteiger partial charge in [-0.25, -0.2) is 4.39 Å². The smallest absolute Gasteiger partial charge is 0.278 e. The third-order valence-electron chi connectivity index (χ3n) is 3.69. The van der Waals surface area contributed by atoms with Crippen molar-refractivity contribution in [1.82, 2.24) is 15.0 Å². The van der Waals surface area contributed by atoms with E-state index in [-0.39, 0.29) is 5.56 Å². The molecule has 7 heteroatoms. The Morgan fingerprint density at radius 2 is 1.92 bits per heavy atom. The standard InChI is InChI=1S/C17H15FN4O2/c1-2-15(16(23)19-12-9-7-11(18)8-10-12)22-17(24)13-5-3-4-6-14(13)20-21-22/h3-10,15H,2H2,1H3,(H,19,23). The molecule has 1 aromatic heterocycles. The van der Waals surface area contributed by atoms with Crippen molar-refractivity contribution in [2.24, 2.45) is 0 Å². The van der Waals surface area contributed by atoms with Crippen LogP contribution in [0.3, 0.4) is 0 Å². The Hall–Kier alpha value is -3.09. The predicted octanol–water partition coefficient (Wildman–Crippen LogP) is 2.52. The van der Waals surface area contributed by atoms with Crippen molar-refractivity contribution < 1.29 is 9.18 Å². The Kier molecular flexibility index (Phi) is 4.33. The first-order valence-electron chi connectivity index (χ1n) is 7.51. The van der Waals surface area contributed by atoms with Gasteiger partial charge in [-0.15, -0.1) is 5.10 Å². The fourth-order valence-electron chi connectivity index (χ4n) is 2.43. The van der Waals surface area contributed by atoms with Gasteiger partial charge in [0.1, 0.15) is 17.4 Å². The Morgan fingerprint density at radius 3 is 2.62 bits per heavy atom. The van der Waals surface area contributed by atoms with Crippen LogP contribution in [-0.2, 0) is 4.79 Å². The van der Waals surface area contributed by atoms with Gasteiger partial charge in [-0.3, -0.25) is 9.59 Å². The minimum atomic E-state index is -0.806. The van der Waals surface area contributed by atoms with Crippen LogP contribution in [0.15, 0.2) is 53.3 Å². The molecule has 24 heavy (non-hydrogen) atoms. The van der Waals surface area contributed by atoms with Crippen molar-refractivity contribution >= 4 is 22.5 Å². The van der Waals surface area contributed by atoms with Crippen molar-refractivity contribution in [3.63, 3.8) is 0 Å². The molecule has 0 fully saturated rings. The summed E-state index contributed by atoms with van der Waals surface area (Å²) in [7, 11) is 0. The third-order valence-corrected chi connectivity index (χ3v) is 3.69. The second-order valence-electron chi connectivity index (χ2n) is 5.28. The molecule has 1 unspecified atom stereocenters. The lowest BCUT2D eigenvalue weighted by molar-refractivity contribution is -0.119. The molecule has 1 heterocycles. The number of halogens is 1. The van der Waals surface area contributed by atoms with Gasteiger partial charge in [0.2, 0.25) is 5.91 Å². The summed E-state index contributed by atoms with van der Waals surface area (Å²) >= 11 is 0. The molecule has 122 valence electrons. The molecule has 0 aliphatic carbocycles. The van der Waals surface area contributed by atoms with Crippen LogP contribution in [0, 0.1) is 5.82 Å². The van der Waals surface area contributed by atoms with Crippen LogP contribution >= 0.6 is 0 Å². The van der Waals surface area contributed by atoms with Gasteiger partial charge in [0.05, 0.1) is 5.39 Å². The lowest BCUT2D eigenvalue weighted by atomic mass is 10.2.